The molecule has 2 amide bonds. The lowest BCUT2D eigenvalue weighted by Gasteiger charge is -2.42. The summed E-state index contributed by atoms with van der Waals surface area (Å²) in [6.45, 7) is 6.76. The van der Waals surface area contributed by atoms with Crippen molar-refractivity contribution < 1.29 is 19.0 Å². The summed E-state index contributed by atoms with van der Waals surface area (Å²) in [6, 6.07) is 1.85. The first-order chi connectivity index (χ1) is 16.9. The minimum Gasteiger partial charge on any atom is -0.474 e. The fourth-order valence-electron chi connectivity index (χ4n) is 4.25. The Hall–Kier alpha value is -3.25. The van der Waals surface area contributed by atoms with Crippen LogP contribution in [0.5, 0.6) is 5.88 Å². The third-order valence-electron chi connectivity index (χ3n) is 6.75. The molecule has 5 rings (SSSR count). The number of amides is 2. The number of carbonyl (C=O) groups is 1. The molecular formula is C23H32N8O4. The van der Waals surface area contributed by atoms with Crippen LogP contribution in [0.25, 0.3) is 11.3 Å². The molecule has 3 fully saturated rings. The largest absolute Gasteiger partial charge is 0.474 e. The van der Waals surface area contributed by atoms with Crippen LogP contribution in [-0.2, 0) is 9.47 Å². The van der Waals surface area contributed by atoms with Crippen molar-refractivity contribution in [3.63, 3.8) is 0 Å². The van der Waals surface area contributed by atoms with Gasteiger partial charge in [0.25, 0.3) is 0 Å². The molecule has 0 atom stereocenters. The maximum absolute atomic E-state index is 12.6. The molecule has 0 radical (unpaired) electrons. The number of ether oxygens (including phenoxy) is 3. The van der Waals surface area contributed by atoms with Crippen molar-refractivity contribution in [3.8, 4) is 17.1 Å². The van der Waals surface area contributed by atoms with Gasteiger partial charge in [-0.1, -0.05) is 6.92 Å². The molecule has 2 aliphatic heterocycles. The van der Waals surface area contributed by atoms with Gasteiger partial charge < -0.3 is 35.1 Å². The molecule has 1 saturated carbocycles. The highest BCUT2D eigenvalue weighted by molar-refractivity contribution is 5.74. The fourth-order valence-corrected chi connectivity index (χ4v) is 4.25. The lowest BCUT2D eigenvalue weighted by molar-refractivity contribution is -0.0980. The molecule has 2 aromatic heterocycles. The summed E-state index contributed by atoms with van der Waals surface area (Å²) < 4.78 is 16.9. The van der Waals surface area contributed by atoms with E-state index in [1.165, 1.54) is 0 Å². The Balaban J connectivity index is 1.22. The summed E-state index contributed by atoms with van der Waals surface area (Å²) in [6.07, 6.45) is 4.72. The Morgan fingerprint density at radius 3 is 2.60 bits per heavy atom. The van der Waals surface area contributed by atoms with E-state index in [0.29, 0.717) is 63.6 Å². The third kappa shape index (κ3) is 5.38. The van der Waals surface area contributed by atoms with Crippen molar-refractivity contribution in [1.29, 1.82) is 0 Å². The van der Waals surface area contributed by atoms with E-state index in [9.17, 15) is 4.79 Å². The van der Waals surface area contributed by atoms with Crippen molar-refractivity contribution in [2.45, 2.75) is 31.9 Å². The first-order valence-electron chi connectivity index (χ1n) is 11.9. The van der Waals surface area contributed by atoms with Gasteiger partial charge in [-0.05, 0) is 0 Å². The van der Waals surface area contributed by atoms with Gasteiger partial charge in [0.2, 0.25) is 17.8 Å². The van der Waals surface area contributed by atoms with E-state index < -0.39 is 0 Å². The van der Waals surface area contributed by atoms with E-state index in [2.05, 4.69) is 32.1 Å². The van der Waals surface area contributed by atoms with Crippen molar-refractivity contribution in [2.24, 2.45) is 5.41 Å². The molecular weight excluding hydrogens is 452 g/mol. The van der Waals surface area contributed by atoms with E-state index in [0.717, 1.165) is 18.4 Å². The smallest absolute Gasteiger partial charge is 0.317 e. The summed E-state index contributed by atoms with van der Waals surface area (Å²) >= 11 is 0. The van der Waals surface area contributed by atoms with Gasteiger partial charge in [0, 0.05) is 75.0 Å². The maximum atomic E-state index is 12.6. The van der Waals surface area contributed by atoms with Crippen molar-refractivity contribution in [2.75, 3.05) is 63.7 Å². The average molecular weight is 485 g/mol. The van der Waals surface area contributed by atoms with Gasteiger partial charge in [0.15, 0.2) is 0 Å². The molecule has 2 aromatic rings. The van der Waals surface area contributed by atoms with Gasteiger partial charge in [0.05, 0.1) is 32.1 Å². The van der Waals surface area contributed by atoms with E-state index in [-0.39, 0.29) is 29.5 Å². The number of rotatable bonds is 7. The summed E-state index contributed by atoms with van der Waals surface area (Å²) in [7, 11) is 1.83. The van der Waals surface area contributed by atoms with Crippen molar-refractivity contribution >= 4 is 17.9 Å². The molecule has 4 heterocycles. The molecule has 0 aromatic carbocycles. The highest BCUT2D eigenvalue weighted by Gasteiger charge is 2.38. The molecule has 0 bridgehead atoms. The highest BCUT2D eigenvalue weighted by atomic mass is 16.5. The topological polar surface area (TPSA) is 141 Å². The maximum Gasteiger partial charge on any atom is 0.317 e. The molecule has 12 heteroatoms. The number of hydrogen-bond acceptors (Lipinski definition) is 10. The number of hydrogen-bond donors (Lipinski definition) is 2. The first-order valence-corrected chi connectivity index (χ1v) is 11.9. The molecule has 2 saturated heterocycles. The zero-order chi connectivity index (χ0) is 24.4. The first kappa shape index (κ1) is 23.5. The Labute approximate surface area is 204 Å². The second kappa shape index (κ2) is 9.78. The standard InChI is InChI=1S/C23H32N8O4/c1-23(13-34-14-23)12-27-22(32)30(2)16-7-17(8-16)35-19-9-18(15-10-25-20(24)26-11-15)28-21(29-19)31-3-5-33-6-4-31/h9-11,16-17H,3-8,12-14H2,1-2H3,(H,27,32)(H2,24,25,26)/t16-,17-. The predicted octanol–water partition coefficient (Wildman–Crippen LogP) is 0.940. The quantitative estimate of drug-likeness (QED) is 0.583. The second-order valence-corrected chi connectivity index (χ2v) is 9.76. The van der Waals surface area contributed by atoms with Gasteiger partial charge in [0.1, 0.15) is 6.10 Å². The molecule has 1 aliphatic carbocycles. The normalized spacial score (nSPS) is 23.1. The van der Waals surface area contributed by atoms with Gasteiger partial charge in [-0.15, -0.1) is 0 Å². The van der Waals surface area contributed by atoms with E-state index >= 15 is 0 Å². The number of morpholine rings is 1. The minimum absolute atomic E-state index is 0.0317. The number of carbonyl (C=O) groups excluding carboxylic acids is 1. The van der Waals surface area contributed by atoms with Gasteiger partial charge in [-0.3, -0.25) is 0 Å². The van der Waals surface area contributed by atoms with Crippen LogP contribution in [0.15, 0.2) is 18.5 Å². The number of nitrogen functional groups attached to an aromatic ring is 1. The van der Waals surface area contributed by atoms with Gasteiger partial charge >= 0.3 is 6.03 Å². The number of nitrogens with zero attached hydrogens (tertiary/aromatic N) is 6. The van der Waals surface area contributed by atoms with Crippen LogP contribution in [-0.4, -0.2) is 96.1 Å². The number of nitrogens with one attached hydrogen (secondary N) is 1. The van der Waals surface area contributed by atoms with Crippen LogP contribution < -0.4 is 20.7 Å². The Morgan fingerprint density at radius 1 is 1.23 bits per heavy atom. The van der Waals surface area contributed by atoms with Crippen LogP contribution in [0.1, 0.15) is 19.8 Å². The van der Waals surface area contributed by atoms with Gasteiger partial charge in [-0.25, -0.2) is 19.7 Å². The number of anilines is 2. The van der Waals surface area contributed by atoms with E-state index in [1.54, 1.807) is 23.4 Å². The molecule has 12 nitrogen and oxygen atoms in total. The molecule has 3 aliphatic rings. The van der Waals surface area contributed by atoms with Crippen LogP contribution in [0.2, 0.25) is 0 Å². The van der Waals surface area contributed by atoms with Crippen LogP contribution in [0.3, 0.4) is 0 Å². The monoisotopic (exact) mass is 484 g/mol. The second-order valence-electron chi connectivity index (χ2n) is 9.76. The highest BCUT2D eigenvalue weighted by Crippen LogP contribution is 2.31. The molecule has 188 valence electrons. The fraction of sp³-hybridized carbons (Fsp3) is 0.609. The van der Waals surface area contributed by atoms with Crippen molar-refractivity contribution in [1.82, 2.24) is 30.2 Å². The number of urea groups is 1. The lowest BCUT2D eigenvalue weighted by atomic mass is 9.88. The summed E-state index contributed by atoms with van der Waals surface area (Å²) in [5.41, 5.74) is 7.08. The molecule has 3 N–H and O–H groups in total. The van der Waals surface area contributed by atoms with Crippen LogP contribution >= 0.6 is 0 Å². The number of aromatic nitrogens is 4. The zero-order valence-corrected chi connectivity index (χ0v) is 20.1. The Bertz CT molecular complexity index is 1040. The number of nitrogens with two attached hydrogens (primary N) is 1. The molecule has 0 unspecified atom stereocenters. The minimum atomic E-state index is -0.0659. The van der Waals surface area contributed by atoms with E-state index in [4.69, 9.17) is 24.9 Å². The molecule has 0 spiro atoms. The average Bonchev–Trinajstić information content (AvgIpc) is 2.83. The summed E-state index contributed by atoms with van der Waals surface area (Å²) in [5.74, 6) is 1.27. The summed E-state index contributed by atoms with van der Waals surface area (Å²) in [4.78, 5) is 33.9. The molecule has 35 heavy (non-hydrogen) atoms. The third-order valence-corrected chi connectivity index (χ3v) is 6.75. The van der Waals surface area contributed by atoms with Crippen LogP contribution in [0.4, 0.5) is 16.7 Å². The SMILES string of the molecule is CN(C(=O)NCC1(C)COC1)[C@H]1C[C@H](Oc2cc(-c3cnc(N)nc3)nc(N3CCOCC3)n2)C1. The van der Waals surface area contributed by atoms with Gasteiger partial charge in [-0.2, -0.15) is 4.98 Å². The summed E-state index contributed by atoms with van der Waals surface area (Å²) in [5, 5.41) is 3.02. The van der Waals surface area contributed by atoms with E-state index in [1.807, 2.05) is 7.05 Å². The Morgan fingerprint density at radius 2 is 1.94 bits per heavy atom. The lowest BCUT2D eigenvalue weighted by Crippen LogP contribution is -2.55. The zero-order valence-electron chi connectivity index (χ0n) is 20.1. The predicted molar refractivity (Wildman–Crippen MR) is 128 cm³/mol. The van der Waals surface area contributed by atoms with Crippen molar-refractivity contribution in [3.05, 3.63) is 18.5 Å². The Kier molecular flexibility index (Phi) is 6.56. The van der Waals surface area contributed by atoms with Crippen LogP contribution in [0, 0.1) is 5.41 Å².